The number of nitrogens with two attached hydrogens (primary N) is 1. The first-order valence-electron chi connectivity index (χ1n) is 14.4. The van der Waals surface area contributed by atoms with E-state index in [2.05, 4.69) is 0 Å². The number of likely N-dealkylation sites (N-methyl/N-ethyl adjacent to an activating group) is 1. The summed E-state index contributed by atoms with van der Waals surface area (Å²) in [5.41, 5.74) is 3.34. The molecule has 0 spiro atoms. The van der Waals surface area contributed by atoms with Crippen molar-refractivity contribution in [3.05, 3.63) is 77.1 Å². The highest BCUT2D eigenvalue weighted by atomic mass is 32.2. The van der Waals surface area contributed by atoms with E-state index in [9.17, 15) is 18.0 Å². The molecule has 1 saturated heterocycles. The minimum Gasteiger partial charge on any atom is -0.497 e. The second kappa shape index (κ2) is 12.2. The third-order valence-electron chi connectivity index (χ3n) is 8.48. The van der Waals surface area contributed by atoms with Gasteiger partial charge in [0.2, 0.25) is 11.8 Å². The molecule has 2 aliphatic heterocycles. The van der Waals surface area contributed by atoms with Crippen LogP contribution in [0, 0.1) is 5.82 Å². The van der Waals surface area contributed by atoms with Crippen LogP contribution in [0.3, 0.4) is 0 Å². The van der Waals surface area contributed by atoms with Gasteiger partial charge in [0.25, 0.3) is 15.9 Å². The number of rotatable bonds is 9. The Morgan fingerprint density at radius 2 is 1.65 bits per heavy atom. The van der Waals surface area contributed by atoms with Gasteiger partial charge in [-0.25, -0.2) is 17.1 Å². The van der Waals surface area contributed by atoms with Crippen LogP contribution in [0.1, 0.15) is 40.7 Å². The van der Waals surface area contributed by atoms with Crippen LogP contribution < -0.4 is 24.2 Å². The summed E-state index contributed by atoms with van der Waals surface area (Å²) in [6.07, 6.45) is 1.51. The minimum absolute atomic E-state index is 0.00782. The second-order valence-electron chi connectivity index (χ2n) is 11.2. The Kier molecular flexibility index (Phi) is 8.71. The van der Waals surface area contributed by atoms with Gasteiger partial charge in [-0.3, -0.25) is 19.3 Å². The fourth-order valence-corrected chi connectivity index (χ4v) is 8.00. The number of carbonyl (C=O) groups is 3. The number of likely N-dealkylation sites (tertiary alicyclic amines) is 1. The molecule has 14 heteroatoms. The summed E-state index contributed by atoms with van der Waals surface area (Å²) >= 11 is 0. The van der Waals surface area contributed by atoms with Crippen molar-refractivity contribution in [2.75, 3.05) is 46.3 Å². The monoisotopic (exact) mass is 654 g/mol. The standard InChI is InChI=1S/C32H35FN4O8S/c1-35(2)30(39)25-8-6-7-15-36(25)32(23-16-19(29(34)38)9-13-26(23)44-4)22-17-20(33)10-12-24(22)37(31(32)40)46(41,42)28-14-11-21(43-3)18-27(28)45-5/h9-14,16-18,25H,6-8,15H2,1-5H3,(H2,34,38)/t25-,32?/m0/s1. The van der Waals surface area contributed by atoms with Gasteiger partial charge in [-0.2, -0.15) is 0 Å². The van der Waals surface area contributed by atoms with Gasteiger partial charge in [-0.05, 0) is 61.4 Å². The lowest BCUT2D eigenvalue weighted by Crippen LogP contribution is -2.62. The molecule has 1 fully saturated rings. The second-order valence-corrected chi connectivity index (χ2v) is 12.9. The first kappa shape index (κ1) is 32.7. The summed E-state index contributed by atoms with van der Waals surface area (Å²) in [4.78, 5) is 44.2. The number of benzene rings is 3. The van der Waals surface area contributed by atoms with Gasteiger partial charge in [-0.15, -0.1) is 0 Å². The Balaban J connectivity index is 1.91. The summed E-state index contributed by atoms with van der Waals surface area (Å²) in [5, 5.41) is 0. The van der Waals surface area contributed by atoms with Gasteiger partial charge in [0.1, 0.15) is 28.0 Å². The van der Waals surface area contributed by atoms with E-state index in [0.717, 1.165) is 12.1 Å². The maximum Gasteiger partial charge on any atom is 0.274 e. The van der Waals surface area contributed by atoms with E-state index in [1.165, 1.54) is 68.7 Å². The summed E-state index contributed by atoms with van der Waals surface area (Å²) in [6.45, 7) is 0.148. The molecule has 244 valence electrons. The Labute approximate surface area is 266 Å². The average Bonchev–Trinajstić information content (AvgIpc) is 3.31. The number of ether oxygens (including phenoxy) is 3. The molecular weight excluding hydrogens is 619 g/mol. The maximum atomic E-state index is 15.3. The molecule has 3 amide bonds. The molecule has 1 unspecified atom stereocenters. The molecule has 2 atom stereocenters. The highest BCUT2D eigenvalue weighted by Crippen LogP contribution is 2.54. The summed E-state index contributed by atoms with van der Waals surface area (Å²) in [5.74, 6) is -2.63. The van der Waals surface area contributed by atoms with Gasteiger partial charge in [0.15, 0.2) is 5.54 Å². The normalized spacial score (nSPS) is 19.8. The zero-order chi connectivity index (χ0) is 33.6. The molecule has 0 aromatic heterocycles. The van der Waals surface area contributed by atoms with Crippen molar-refractivity contribution < 1.29 is 41.4 Å². The van der Waals surface area contributed by atoms with Crippen molar-refractivity contribution in [3.63, 3.8) is 0 Å². The molecule has 3 aromatic rings. The molecule has 0 radical (unpaired) electrons. The molecule has 46 heavy (non-hydrogen) atoms. The average molecular weight is 655 g/mol. The van der Waals surface area contributed by atoms with Crippen molar-refractivity contribution in [2.24, 2.45) is 5.73 Å². The Morgan fingerprint density at radius 3 is 2.28 bits per heavy atom. The number of amides is 3. The highest BCUT2D eigenvalue weighted by molar-refractivity contribution is 7.93. The van der Waals surface area contributed by atoms with Crippen LogP contribution in [0.15, 0.2) is 59.5 Å². The Morgan fingerprint density at radius 1 is 0.935 bits per heavy atom. The van der Waals surface area contributed by atoms with Crippen LogP contribution in [0.5, 0.6) is 17.2 Å². The summed E-state index contributed by atoms with van der Waals surface area (Å²) < 4.78 is 61.5. The number of primary amides is 1. The van der Waals surface area contributed by atoms with Gasteiger partial charge < -0.3 is 24.8 Å². The molecule has 0 aliphatic carbocycles. The van der Waals surface area contributed by atoms with E-state index in [4.69, 9.17) is 19.9 Å². The number of anilines is 1. The quantitative estimate of drug-likeness (QED) is 0.368. The van der Waals surface area contributed by atoms with Crippen LogP contribution in [0.4, 0.5) is 10.1 Å². The Hall–Kier alpha value is -4.69. The van der Waals surface area contributed by atoms with Crippen LogP contribution in [0.2, 0.25) is 0 Å². The molecule has 3 aromatic carbocycles. The number of hydrogen-bond donors (Lipinski definition) is 1. The van der Waals surface area contributed by atoms with E-state index in [-0.39, 0.29) is 51.2 Å². The molecular formula is C32H35FN4O8S. The molecule has 2 aliphatic rings. The van der Waals surface area contributed by atoms with Crippen molar-refractivity contribution in [1.82, 2.24) is 9.80 Å². The van der Waals surface area contributed by atoms with Crippen LogP contribution in [0.25, 0.3) is 0 Å². The zero-order valence-electron chi connectivity index (χ0n) is 26.1. The van der Waals surface area contributed by atoms with Gasteiger partial charge >= 0.3 is 0 Å². The molecule has 2 heterocycles. The van der Waals surface area contributed by atoms with E-state index < -0.39 is 39.2 Å². The molecule has 0 saturated carbocycles. The largest absolute Gasteiger partial charge is 0.497 e. The summed E-state index contributed by atoms with van der Waals surface area (Å²) in [6, 6.07) is 10.6. The van der Waals surface area contributed by atoms with E-state index in [0.29, 0.717) is 29.3 Å². The van der Waals surface area contributed by atoms with Crippen LogP contribution >= 0.6 is 0 Å². The number of carbonyl (C=O) groups excluding carboxylic acids is 3. The number of sulfonamides is 1. The van der Waals surface area contributed by atoms with Crippen molar-refractivity contribution in [2.45, 2.75) is 35.7 Å². The number of piperidine rings is 1. The predicted octanol–water partition coefficient (Wildman–Crippen LogP) is 2.87. The first-order valence-corrected chi connectivity index (χ1v) is 15.9. The number of nitrogens with zero attached hydrogens (tertiary/aromatic N) is 3. The van der Waals surface area contributed by atoms with Gasteiger partial charge in [0, 0.05) is 43.4 Å². The van der Waals surface area contributed by atoms with E-state index >= 15 is 9.18 Å². The lowest BCUT2D eigenvalue weighted by Gasteiger charge is -2.47. The van der Waals surface area contributed by atoms with E-state index in [1.807, 2.05) is 0 Å². The van der Waals surface area contributed by atoms with Crippen LogP contribution in [-0.4, -0.2) is 84.0 Å². The van der Waals surface area contributed by atoms with Crippen LogP contribution in [-0.2, 0) is 25.2 Å². The number of hydrogen-bond acceptors (Lipinski definition) is 9. The number of fused-ring (bicyclic) bond motifs is 1. The number of methoxy groups -OCH3 is 3. The highest BCUT2D eigenvalue weighted by Gasteiger charge is 2.63. The molecule has 5 rings (SSSR count). The molecule has 2 N–H and O–H groups in total. The lowest BCUT2D eigenvalue weighted by atomic mass is 9.78. The lowest BCUT2D eigenvalue weighted by molar-refractivity contribution is -0.142. The topological polar surface area (TPSA) is 149 Å². The SMILES string of the molecule is COc1ccc(S(=O)(=O)N2C(=O)C(c3cc(C(N)=O)ccc3OC)(N3CCCC[C@H]3C(=O)N(C)C)c3cc(F)ccc32)c(OC)c1. The third-order valence-corrected chi connectivity index (χ3v) is 10.2. The van der Waals surface area contributed by atoms with Crippen molar-refractivity contribution >= 4 is 33.4 Å². The predicted molar refractivity (Wildman–Crippen MR) is 166 cm³/mol. The van der Waals surface area contributed by atoms with E-state index in [1.54, 1.807) is 19.0 Å². The summed E-state index contributed by atoms with van der Waals surface area (Å²) in [7, 11) is 2.41. The zero-order valence-corrected chi connectivity index (χ0v) is 26.9. The fraction of sp³-hybridized carbons (Fsp3) is 0.344. The van der Waals surface area contributed by atoms with Crippen molar-refractivity contribution in [3.8, 4) is 17.2 Å². The van der Waals surface area contributed by atoms with Gasteiger partial charge in [-0.1, -0.05) is 6.42 Å². The smallest absolute Gasteiger partial charge is 0.274 e. The van der Waals surface area contributed by atoms with Crippen molar-refractivity contribution in [1.29, 1.82) is 0 Å². The fourth-order valence-electron chi connectivity index (χ4n) is 6.40. The minimum atomic E-state index is -4.77. The van der Waals surface area contributed by atoms with Gasteiger partial charge in [0.05, 0.1) is 33.1 Å². The first-order chi connectivity index (χ1) is 21.8. The third kappa shape index (κ3) is 5.01. The number of halogens is 1. The maximum absolute atomic E-state index is 15.3. The molecule has 0 bridgehead atoms. The Bertz CT molecular complexity index is 1830. The molecule has 12 nitrogen and oxygen atoms in total.